The lowest BCUT2D eigenvalue weighted by atomic mass is 10.1. The van der Waals surface area contributed by atoms with Crippen LogP contribution < -0.4 is 21.7 Å². The molecule has 1 aliphatic heterocycles. The molecule has 0 aliphatic carbocycles. The third-order valence-corrected chi connectivity index (χ3v) is 7.21. The molecule has 1 fully saturated rings. The second-order valence-corrected chi connectivity index (χ2v) is 10.2. The van der Waals surface area contributed by atoms with Crippen LogP contribution in [-0.4, -0.2) is 77.4 Å². The van der Waals surface area contributed by atoms with Crippen molar-refractivity contribution in [1.82, 2.24) is 30.2 Å². The van der Waals surface area contributed by atoms with Crippen LogP contribution in [0.1, 0.15) is 28.9 Å². The molecule has 1 saturated heterocycles. The fourth-order valence-electron chi connectivity index (χ4n) is 3.78. The number of hydrogen-bond acceptors (Lipinski definition) is 12. The highest BCUT2D eigenvalue weighted by atomic mass is 32.2. The van der Waals surface area contributed by atoms with Crippen molar-refractivity contribution in [2.75, 3.05) is 35.7 Å². The van der Waals surface area contributed by atoms with Crippen LogP contribution in [0, 0.1) is 0 Å². The summed E-state index contributed by atoms with van der Waals surface area (Å²) in [6.45, 7) is 0.893. The molecule has 0 bridgehead atoms. The average molecular weight is 556 g/mol. The predicted molar refractivity (Wildman–Crippen MR) is 147 cm³/mol. The number of thioether (sulfide) groups is 1. The summed E-state index contributed by atoms with van der Waals surface area (Å²) in [6, 6.07) is 5.42. The van der Waals surface area contributed by atoms with Crippen LogP contribution in [0.5, 0.6) is 0 Å². The maximum Gasteiger partial charge on any atom is 0.326 e. The monoisotopic (exact) mass is 555 g/mol. The van der Waals surface area contributed by atoms with E-state index in [2.05, 4.69) is 25.3 Å². The normalized spacial score (nSPS) is 13.9. The Morgan fingerprint density at radius 1 is 1.21 bits per heavy atom. The number of nitrogens with two attached hydrogens (primary N) is 2. The van der Waals surface area contributed by atoms with Crippen LogP contribution >= 0.6 is 24.0 Å². The molecule has 0 spiro atoms. The van der Waals surface area contributed by atoms with Gasteiger partial charge in [-0.25, -0.2) is 14.8 Å². The second kappa shape index (κ2) is 11.5. The summed E-state index contributed by atoms with van der Waals surface area (Å²) >= 11 is 6.55. The number of nitrogens with one attached hydrogen (secondary N) is 1. The third kappa shape index (κ3) is 6.23. The average Bonchev–Trinajstić information content (AvgIpc) is 3.32. The lowest BCUT2D eigenvalue weighted by molar-refractivity contribution is -0.139. The van der Waals surface area contributed by atoms with Crippen molar-refractivity contribution in [3.63, 3.8) is 0 Å². The summed E-state index contributed by atoms with van der Waals surface area (Å²) in [5, 5.41) is 12.0. The number of nitrogens with zero attached hydrogens (tertiary/aromatic N) is 6. The molecule has 2 aromatic heterocycles. The minimum Gasteiger partial charge on any atom is -0.480 e. The van der Waals surface area contributed by atoms with Gasteiger partial charge in [0.2, 0.25) is 11.9 Å². The third-order valence-electron chi connectivity index (χ3n) is 5.78. The van der Waals surface area contributed by atoms with Gasteiger partial charge in [0.15, 0.2) is 17.0 Å². The zero-order chi connectivity index (χ0) is 27.4. The molecule has 2 amide bonds. The fraction of sp³-hybridized carbons (Fsp3) is 0.304. The lowest BCUT2D eigenvalue weighted by Crippen LogP contribution is -2.42. The summed E-state index contributed by atoms with van der Waals surface area (Å²) < 4.78 is 0.493. The molecule has 3 aromatic rings. The molecule has 0 radical (unpaired) electrons. The van der Waals surface area contributed by atoms with Crippen LogP contribution in [0.4, 0.5) is 17.5 Å². The van der Waals surface area contributed by atoms with E-state index in [-0.39, 0.29) is 36.1 Å². The van der Waals surface area contributed by atoms with E-state index in [9.17, 15) is 19.5 Å². The Morgan fingerprint density at radius 2 is 1.95 bits per heavy atom. The largest absolute Gasteiger partial charge is 0.480 e. The first-order valence-electron chi connectivity index (χ1n) is 11.5. The maximum absolute atomic E-state index is 12.7. The molecule has 13 nitrogen and oxygen atoms in total. The topological polar surface area (TPSA) is 194 Å². The van der Waals surface area contributed by atoms with Gasteiger partial charge in [0.25, 0.3) is 5.91 Å². The number of rotatable bonds is 9. The number of carboxylic acid groups (broad SMARTS) is 1. The van der Waals surface area contributed by atoms with Crippen molar-refractivity contribution in [2.24, 2.45) is 0 Å². The number of benzene rings is 1. The SMILES string of the molecule is CN(Cc1cnc2nc(N)nc(N)c2n1)c1ccc(C(=O)N[C@H](CCC(=O)N2CCSC2=S)C(=O)O)cc1. The first kappa shape index (κ1) is 26.9. The molecule has 1 aromatic carbocycles. The Balaban J connectivity index is 1.36. The smallest absolute Gasteiger partial charge is 0.326 e. The van der Waals surface area contributed by atoms with Crippen molar-refractivity contribution >= 4 is 74.7 Å². The second-order valence-electron chi connectivity index (χ2n) is 8.47. The van der Waals surface area contributed by atoms with Crippen molar-refractivity contribution in [2.45, 2.75) is 25.4 Å². The van der Waals surface area contributed by atoms with Gasteiger partial charge in [-0.3, -0.25) is 14.5 Å². The standard InChI is InChI=1S/C23H25N9O4S2/c1-31(11-13-10-26-19-17(27-13)18(24)29-22(25)30-19)14-4-2-12(3-5-14)20(34)28-15(21(35)36)6-7-16(33)32-8-9-38-23(32)37/h2-5,10,15H,6-9,11H2,1H3,(H,28,34)(H,35,36)(H4,24,25,26,29,30)/t15-/m1/s1. The molecule has 38 heavy (non-hydrogen) atoms. The molecule has 15 heteroatoms. The van der Waals surface area contributed by atoms with Crippen LogP contribution in [0.2, 0.25) is 0 Å². The van der Waals surface area contributed by atoms with Crippen LogP contribution in [-0.2, 0) is 16.1 Å². The number of hydrogen-bond donors (Lipinski definition) is 4. The van der Waals surface area contributed by atoms with Crippen LogP contribution in [0.25, 0.3) is 11.2 Å². The molecule has 198 valence electrons. The summed E-state index contributed by atoms with van der Waals surface area (Å²) in [5.74, 6) is -1.13. The maximum atomic E-state index is 12.7. The molecule has 0 saturated carbocycles. The van der Waals surface area contributed by atoms with Crippen LogP contribution in [0.3, 0.4) is 0 Å². The van der Waals surface area contributed by atoms with Gasteiger partial charge in [0.1, 0.15) is 10.4 Å². The number of amides is 2. The van der Waals surface area contributed by atoms with Crippen molar-refractivity contribution in [3.05, 3.63) is 41.7 Å². The zero-order valence-corrected chi connectivity index (χ0v) is 22.0. The van der Waals surface area contributed by atoms with E-state index in [0.29, 0.717) is 34.3 Å². The molecule has 3 heterocycles. The van der Waals surface area contributed by atoms with Gasteiger partial charge in [-0.2, -0.15) is 9.97 Å². The first-order valence-corrected chi connectivity index (χ1v) is 12.9. The summed E-state index contributed by atoms with van der Waals surface area (Å²) in [4.78, 5) is 56.8. The van der Waals surface area contributed by atoms with Gasteiger partial charge in [-0.1, -0.05) is 24.0 Å². The van der Waals surface area contributed by atoms with Gasteiger partial charge in [0, 0.05) is 37.0 Å². The number of carbonyl (C=O) groups excluding carboxylic acids is 2. The highest BCUT2D eigenvalue weighted by Crippen LogP contribution is 2.20. The number of carboxylic acids is 1. The molecule has 0 unspecified atom stereocenters. The van der Waals surface area contributed by atoms with Gasteiger partial charge in [-0.15, -0.1) is 0 Å². The molecular weight excluding hydrogens is 530 g/mol. The van der Waals surface area contributed by atoms with E-state index in [4.69, 9.17) is 23.7 Å². The van der Waals surface area contributed by atoms with E-state index >= 15 is 0 Å². The predicted octanol–water partition coefficient (Wildman–Crippen LogP) is 1.04. The number of nitrogen functional groups attached to an aromatic ring is 2. The number of carbonyl (C=O) groups is 3. The quantitative estimate of drug-likeness (QED) is 0.274. The Morgan fingerprint density at radius 3 is 2.61 bits per heavy atom. The Kier molecular flexibility index (Phi) is 8.16. The Labute approximate surface area is 227 Å². The van der Waals surface area contributed by atoms with E-state index in [0.717, 1.165) is 11.4 Å². The number of fused-ring (bicyclic) bond motifs is 1. The number of aromatic nitrogens is 4. The van der Waals surface area contributed by atoms with Crippen molar-refractivity contribution in [3.8, 4) is 0 Å². The summed E-state index contributed by atoms with van der Waals surface area (Å²) in [5.41, 5.74) is 13.8. The lowest BCUT2D eigenvalue weighted by Gasteiger charge is -2.20. The minimum absolute atomic E-state index is 0.0207. The van der Waals surface area contributed by atoms with Crippen molar-refractivity contribution in [1.29, 1.82) is 0 Å². The molecule has 6 N–H and O–H groups in total. The highest BCUT2D eigenvalue weighted by molar-refractivity contribution is 8.23. The highest BCUT2D eigenvalue weighted by Gasteiger charge is 2.27. The Bertz CT molecular complexity index is 1400. The van der Waals surface area contributed by atoms with E-state index in [1.54, 1.807) is 30.5 Å². The molecular formula is C23H25N9O4S2. The molecule has 1 atom stereocenters. The van der Waals surface area contributed by atoms with Crippen molar-refractivity contribution < 1.29 is 19.5 Å². The number of anilines is 3. The summed E-state index contributed by atoms with van der Waals surface area (Å²) in [7, 11) is 1.84. The molecule has 4 rings (SSSR count). The minimum atomic E-state index is -1.22. The fourth-order valence-corrected chi connectivity index (χ4v) is 5.02. The van der Waals surface area contributed by atoms with E-state index < -0.39 is 17.9 Å². The first-order chi connectivity index (χ1) is 18.1. The van der Waals surface area contributed by atoms with Gasteiger partial charge >= 0.3 is 5.97 Å². The number of aliphatic carboxylic acids is 1. The van der Waals surface area contributed by atoms with E-state index in [1.807, 2.05) is 11.9 Å². The van der Waals surface area contributed by atoms with E-state index in [1.165, 1.54) is 16.7 Å². The zero-order valence-electron chi connectivity index (χ0n) is 20.3. The molecule has 1 aliphatic rings. The van der Waals surface area contributed by atoms with Crippen LogP contribution in [0.15, 0.2) is 30.5 Å². The van der Waals surface area contributed by atoms with Gasteiger partial charge < -0.3 is 26.8 Å². The Hall–Kier alpha value is -4.11. The number of thiocarbonyl (C=S) groups is 1. The van der Waals surface area contributed by atoms with Gasteiger partial charge in [-0.05, 0) is 30.7 Å². The van der Waals surface area contributed by atoms with Gasteiger partial charge in [0.05, 0.1) is 18.4 Å². The summed E-state index contributed by atoms with van der Waals surface area (Å²) in [6.07, 6.45) is 1.49.